The van der Waals surface area contributed by atoms with E-state index in [9.17, 15) is 14.7 Å². The Bertz CT molecular complexity index is 1350. The molecule has 0 spiro atoms. The summed E-state index contributed by atoms with van der Waals surface area (Å²) in [6.45, 7) is 0.729. The maximum atomic E-state index is 15.7. The number of rotatable bonds is 5. The number of pyridine rings is 1. The van der Waals surface area contributed by atoms with Crippen molar-refractivity contribution in [2.24, 2.45) is 4.99 Å². The van der Waals surface area contributed by atoms with Crippen LogP contribution in [0.15, 0.2) is 46.3 Å². The number of aliphatic imine (C=N–C) groups is 1. The molecule has 1 aliphatic carbocycles. The number of nitrogens with zero attached hydrogens (tertiary/aromatic N) is 3. The molecule has 1 aromatic heterocycles. The SMILES string of the molecule is O=C(O)c1cn(C2CC2)c2c(F)c(N3CCC(N=Cc4ccc(Cl)cc4)C3)c(F)cc2c1=O. The fourth-order valence-electron chi connectivity index (χ4n) is 4.32. The molecule has 1 aliphatic heterocycles. The summed E-state index contributed by atoms with van der Waals surface area (Å²) in [4.78, 5) is 30.3. The highest BCUT2D eigenvalue weighted by Crippen LogP contribution is 2.40. The van der Waals surface area contributed by atoms with Crippen molar-refractivity contribution in [2.45, 2.75) is 31.3 Å². The lowest BCUT2D eigenvalue weighted by Crippen LogP contribution is -2.25. The Labute approximate surface area is 192 Å². The quantitative estimate of drug-likeness (QED) is 0.549. The summed E-state index contributed by atoms with van der Waals surface area (Å²) in [5, 5.41) is 9.74. The summed E-state index contributed by atoms with van der Waals surface area (Å²) >= 11 is 5.89. The van der Waals surface area contributed by atoms with Crippen molar-refractivity contribution in [3.05, 3.63) is 74.5 Å². The fraction of sp³-hybridized carbons (Fsp3) is 0.292. The first-order valence-electron chi connectivity index (χ1n) is 10.7. The molecule has 0 radical (unpaired) electrons. The molecular formula is C24H20ClF2N3O3. The van der Waals surface area contributed by atoms with Gasteiger partial charge < -0.3 is 14.6 Å². The van der Waals surface area contributed by atoms with Crippen molar-refractivity contribution in [3.8, 4) is 0 Å². The molecule has 0 bridgehead atoms. The van der Waals surface area contributed by atoms with Crippen LogP contribution in [0.5, 0.6) is 0 Å². The molecular weight excluding hydrogens is 452 g/mol. The standard InChI is InChI=1S/C24H20ClF2N3O3/c25-14-3-1-13(2-4-14)10-28-15-7-8-29(11-15)22-19(26)9-17-21(20(22)27)30(16-5-6-16)12-18(23(17)31)24(32)33/h1-4,9-10,12,15-16H,5-8,11H2,(H,32,33). The number of hydrogen-bond donors (Lipinski definition) is 1. The maximum Gasteiger partial charge on any atom is 0.341 e. The molecule has 2 heterocycles. The zero-order valence-corrected chi connectivity index (χ0v) is 18.2. The van der Waals surface area contributed by atoms with E-state index in [1.807, 2.05) is 12.1 Å². The van der Waals surface area contributed by atoms with Gasteiger partial charge in [0.05, 0.1) is 16.9 Å². The smallest absolute Gasteiger partial charge is 0.341 e. The van der Waals surface area contributed by atoms with Crippen molar-refractivity contribution < 1.29 is 18.7 Å². The van der Waals surface area contributed by atoms with Crippen LogP contribution in [0.4, 0.5) is 14.5 Å². The van der Waals surface area contributed by atoms with Crippen LogP contribution in [0.25, 0.3) is 10.9 Å². The van der Waals surface area contributed by atoms with Crippen LogP contribution in [0.2, 0.25) is 5.02 Å². The van der Waals surface area contributed by atoms with Crippen molar-refractivity contribution in [1.82, 2.24) is 4.57 Å². The number of carboxylic acid groups (broad SMARTS) is 1. The van der Waals surface area contributed by atoms with Gasteiger partial charge in [0.25, 0.3) is 0 Å². The number of aromatic carboxylic acids is 1. The molecule has 1 atom stereocenters. The Morgan fingerprint density at radius 1 is 1.18 bits per heavy atom. The van der Waals surface area contributed by atoms with Gasteiger partial charge in [0, 0.05) is 36.6 Å². The van der Waals surface area contributed by atoms with Crippen molar-refractivity contribution in [3.63, 3.8) is 0 Å². The summed E-state index contributed by atoms with van der Waals surface area (Å²) in [6, 6.07) is 7.92. The Morgan fingerprint density at radius 2 is 1.91 bits per heavy atom. The van der Waals surface area contributed by atoms with Gasteiger partial charge in [-0.2, -0.15) is 0 Å². The van der Waals surface area contributed by atoms with Gasteiger partial charge in [-0.3, -0.25) is 9.79 Å². The van der Waals surface area contributed by atoms with Gasteiger partial charge in [-0.15, -0.1) is 0 Å². The zero-order valence-electron chi connectivity index (χ0n) is 17.5. The molecule has 9 heteroatoms. The molecule has 170 valence electrons. The van der Waals surface area contributed by atoms with E-state index in [-0.39, 0.29) is 28.7 Å². The summed E-state index contributed by atoms with van der Waals surface area (Å²) < 4.78 is 32.3. The normalized spacial score (nSPS) is 18.5. The Balaban J connectivity index is 1.51. The molecule has 1 unspecified atom stereocenters. The Kier molecular flexibility index (Phi) is 5.40. The summed E-state index contributed by atoms with van der Waals surface area (Å²) in [5.41, 5.74) is -0.742. The second-order valence-electron chi connectivity index (χ2n) is 8.45. The predicted octanol–water partition coefficient (Wildman–Crippen LogP) is 4.66. The van der Waals surface area contributed by atoms with E-state index in [1.165, 1.54) is 10.8 Å². The van der Waals surface area contributed by atoms with Gasteiger partial charge in [-0.05, 0) is 43.0 Å². The van der Waals surface area contributed by atoms with Gasteiger partial charge in [0.2, 0.25) is 5.43 Å². The molecule has 5 rings (SSSR count). The maximum absolute atomic E-state index is 15.7. The van der Waals surface area contributed by atoms with E-state index in [0.29, 0.717) is 24.5 Å². The summed E-state index contributed by atoms with van der Waals surface area (Å²) in [5.74, 6) is -3.14. The number of benzene rings is 2. The lowest BCUT2D eigenvalue weighted by Gasteiger charge is -2.22. The summed E-state index contributed by atoms with van der Waals surface area (Å²) in [7, 11) is 0. The van der Waals surface area contributed by atoms with E-state index < -0.39 is 28.6 Å². The van der Waals surface area contributed by atoms with Gasteiger partial charge in [0.15, 0.2) is 5.82 Å². The number of carbonyl (C=O) groups is 1. The molecule has 33 heavy (non-hydrogen) atoms. The first-order valence-corrected chi connectivity index (χ1v) is 11.0. The van der Waals surface area contributed by atoms with Gasteiger partial charge in [-0.25, -0.2) is 13.6 Å². The number of fused-ring (bicyclic) bond motifs is 1. The van der Waals surface area contributed by atoms with Crippen LogP contribution in [0.1, 0.15) is 41.2 Å². The second-order valence-corrected chi connectivity index (χ2v) is 8.89. The zero-order chi connectivity index (χ0) is 23.3. The van der Waals surface area contributed by atoms with Crippen LogP contribution in [-0.4, -0.2) is 41.0 Å². The first kappa shape index (κ1) is 21.6. The molecule has 2 aromatic carbocycles. The number of carboxylic acids is 1. The lowest BCUT2D eigenvalue weighted by atomic mass is 10.1. The first-order chi connectivity index (χ1) is 15.8. The third-order valence-corrected chi connectivity index (χ3v) is 6.39. The molecule has 0 amide bonds. The average molecular weight is 472 g/mol. The lowest BCUT2D eigenvalue weighted by molar-refractivity contribution is 0.0694. The highest BCUT2D eigenvalue weighted by atomic mass is 35.5. The van der Waals surface area contributed by atoms with Crippen molar-refractivity contribution in [1.29, 1.82) is 0 Å². The van der Waals surface area contributed by atoms with Crippen LogP contribution in [0.3, 0.4) is 0 Å². The predicted molar refractivity (Wildman–Crippen MR) is 123 cm³/mol. The van der Waals surface area contributed by atoms with Gasteiger partial charge >= 0.3 is 5.97 Å². The third-order valence-electron chi connectivity index (χ3n) is 6.14. The van der Waals surface area contributed by atoms with Crippen LogP contribution >= 0.6 is 11.6 Å². The monoisotopic (exact) mass is 471 g/mol. The molecule has 1 saturated carbocycles. The van der Waals surface area contributed by atoms with E-state index >= 15 is 8.78 Å². The number of halogens is 3. The van der Waals surface area contributed by atoms with Crippen LogP contribution in [0, 0.1) is 11.6 Å². The van der Waals surface area contributed by atoms with Crippen molar-refractivity contribution in [2.75, 3.05) is 18.0 Å². The highest BCUT2D eigenvalue weighted by Gasteiger charge is 2.32. The van der Waals surface area contributed by atoms with E-state index in [0.717, 1.165) is 24.5 Å². The molecule has 2 fully saturated rings. The molecule has 1 saturated heterocycles. The second kappa shape index (κ2) is 8.26. The summed E-state index contributed by atoms with van der Waals surface area (Å²) in [6.07, 6.45) is 5.01. The molecule has 1 N–H and O–H groups in total. The van der Waals surface area contributed by atoms with Gasteiger partial charge in [-0.1, -0.05) is 23.7 Å². The van der Waals surface area contributed by atoms with E-state index in [2.05, 4.69) is 4.99 Å². The third kappa shape index (κ3) is 3.99. The molecule has 3 aromatic rings. The highest BCUT2D eigenvalue weighted by molar-refractivity contribution is 6.30. The van der Waals surface area contributed by atoms with Crippen LogP contribution in [-0.2, 0) is 0 Å². The fourth-order valence-corrected chi connectivity index (χ4v) is 4.45. The van der Waals surface area contributed by atoms with E-state index in [4.69, 9.17) is 11.6 Å². The number of anilines is 1. The van der Waals surface area contributed by atoms with Gasteiger partial charge in [0.1, 0.15) is 17.1 Å². The Hall–Kier alpha value is -3.26. The average Bonchev–Trinajstić information content (AvgIpc) is 3.52. The molecule has 2 aliphatic rings. The molecule has 6 nitrogen and oxygen atoms in total. The minimum Gasteiger partial charge on any atom is -0.477 e. The largest absolute Gasteiger partial charge is 0.477 e. The Morgan fingerprint density at radius 3 is 2.58 bits per heavy atom. The minimum absolute atomic E-state index is 0.0444. The van der Waals surface area contributed by atoms with E-state index in [1.54, 1.807) is 23.2 Å². The minimum atomic E-state index is -1.41. The topological polar surface area (TPSA) is 74.9 Å². The van der Waals surface area contributed by atoms with Crippen molar-refractivity contribution >= 4 is 40.4 Å². The van der Waals surface area contributed by atoms with Crippen LogP contribution < -0.4 is 10.3 Å². The number of aromatic nitrogens is 1. The number of hydrogen-bond acceptors (Lipinski definition) is 4.